The highest BCUT2D eigenvalue weighted by molar-refractivity contribution is 9.10. The quantitative estimate of drug-likeness (QED) is 0.853. The Labute approximate surface area is 109 Å². The van der Waals surface area contributed by atoms with E-state index in [0.29, 0.717) is 0 Å². The number of hydrogen-bond donors (Lipinski definition) is 1. The van der Waals surface area contributed by atoms with Gasteiger partial charge in [0.2, 0.25) is 0 Å². The van der Waals surface area contributed by atoms with Gasteiger partial charge in [-0.15, -0.1) is 0 Å². The van der Waals surface area contributed by atoms with E-state index in [0.717, 1.165) is 17.6 Å². The first-order chi connectivity index (χ1) is 8.36. The van der Waals surface area contributed by atoms with E-state index in [4.69, 9.17) is 0 Å². The van der Waals surface area contributed by atoms with E-state index < -0.39 is 0 Å². The van der Waals surface area contributed by atoms with Gasteiger partial charge in [-0.3, -0.25) is 0 Å². The van der Waals surface area contributed by atoms with Gasteiger partial charge in [-0.1, -0.05) is 24.3 Å². The van der Waals surface area contributed by atoms with Crippen molar-refractivity contribution >= 4 is 33.0 Å². The average Bonchev–Trinajstić information content (AvgIpc) is 2.39. The van der Waals surface area contributed by atoms with Gasteiger partial charge in [0, 0.05) is 17.6 Å². The molecular formula is C14H13BrN2. The van der Waals surface area contributed by atoms with Crippen molar-refractivity contribution in [3.63, 3.8) is 0 Å². The molecule has 0 aromatic heterocycles. The molecule has 0 amide bonds. The van der Waals surface area contributed by atoms with Gasteiger partial charge in [0.25, 0.3) is 0 Å². The van der Waals surface area contributed by atoms with E-state index in [1.54, 1.807) is 0 Å². The Morgan fingerprint density at radius 2 is 1.65 bits per heavy atom. The first-order valence-corrected chi connectivity index (χ1v) is 6.50. The third kappa shape index (κ3) is 1.91. The summed E-state index contributed by atoms with van der Waals surface area (Å²) >= 11 is 3.62. The molecule has 1 aliphatic rings. The van der Waals surface area contributed by atoms with Crippen LogP contribution in [0.4, 0.5) is 17.1 Å². The standard InChI is InChI=1S/C14H13BrN2/c15-11-5-1-3-7-13(11)17-10-9-16-12-6-2-4-8-14(12)17/h1-8,16H,9-10H2. The molecule has 3 rings (SSSR count). The maximum atomic E-state index is 3.62. The summed E-state index contributed by atoms with van der Waals surface area (Å²) in [6.07, 6.45) is 0. The smallest absolute Gasteiger partial charge is 0.0647 e. The Kier molecular flexibility index (Phi) is 2.77. The molecule has 2 aromatic rings. The normalized spacial score (nSPS) is 14.1. The summed E-state index contributed by atoms with van der Waals surface area (Å²) in [5.41, 5.74) is 3.67. The van der Waals surface area contributed by atoms with E-state index >= 15 is 0 Å². The van der Waals surface area contributed by atoms with Gasteiger partial charge in [0.1, 0.15) is 0 Å². The Morgan fingerprint density at radius 3 is 2.47 bits per heavy atom. The number of benzene rings is 2. The molecule has 0 bridgehead atoms. The van der Waals surface area contributed by atoms with Crippen LogP contribution in [0.1, 0.15) is 0 Å². The fourth-order valence-corrected chi connectivity index (χ4v) is 2.70. The molecule has 0 aliphatic carbocycles. The molecule has 0 radical (unpaired) electrons. The Balaban J connectivity index is 2.09. The van der Waals surface area contributed by atoms with Crippen molar-refractivity contribution < 1.29 is 0 Å². The van der Waals surface area contributed by atoms with Gasteiger partial charge < -0.3 is 10.2 Å². The molecule has 0 saturated carbocycles. The van der Waals surface area contributed by atoms with Gasteiger partial charge in [0.05, 0.1) is 17.1 Å². The molecular weight excluding hydrogens is 276 g/mol. The molecule has 0 saturated heterocycles. The third-order valence-corrected chi connectivity index (χ3v) is 3.66. The second kappa shape index (κ2) is 4.41. The third-order valence-electron chi connectivity index (χ3n) is 2.99. The van der Waals surface area contributed by atoms with E-state index in [1.165, 1.54) is 17.1 Å². The van der Waals surface area contributed by atoms with Gasteiger partial charge >= 0.3 is 0 Å². The van der Waals surface area contributed by atoms with Crippen LogP contribution in [-0.2, 0) is 0 Å². The number of hydrogen-bond acceptors (Lipinski definition) is 2. The topological polar surface area (TPSA) is 15.3 Å². The molecule has 0 spiro atoms. The lowest BCUT2D eigenvalue weighted by Crippen LogP contribution is -2.30. The van der Waals surface area contributed by atoms with Crippen LogP contribution in [0.25, 0.3) is 0 Å². The van der Waals surface area contributed by atoms with Crippen LogP contribution in [0.15, 0.2) is 53.0 Å². The van der Waals surface area contributed by atoms with Crippen molar-refractivity contribution in [2.24, 2.45) is 0 Å². The summed E-state index contributed by atoms with van der Waals surface area (Å²) in [6.45, 7) is 1.96. The Hall–Kier alpha value is -1.48. The molecule has 86 valence electrons. The molecule has 0 fully saturated rings. The van der Waals surface area contributed by atoms with E-state index in [2.05, 4.69) is 68.6 Å². The second-order valence-corrected chi connectivity index (χ2v) is 4.90. The van der Waals surface area contributed by atoms with Gasteiger partial charge in [-0.25, -0.2) is 0 Å². The monoisotopic (exact) mass is 288 g/mol. The number of para-hydroxylation sites is 3. The Bertz CT molecular complexity index is 539. The molecule has 1 aliphatic heterocycles. The summed E-state index contributed by atoms with van der Waals surface area (Å²) in [7, 11) is 0. The predicted molar refractivity (Wildman–Crippen MR) is 76.1 cm³/mol. The fourth-order valence-electron chi connectivity index (χ4n) is 2.20. The summed E-state index contributed by atoms with van der Waals surface area (Å²) in [5.74, 6) is 0. The molecule has 1 heterocycles. The van der Waals surface area contributed by atoms with Gasteiger partial charge in [-0.2, -0.15) is 0 Å². The summed E-state index contributed by atoms with van der Waals surface area (Å²) < 4.78 is 1.14. The minimum Gasteiger partial charge on any atom is -0.382 e. The number of rotatable bonds is 1. The minimum absolute atomic E-state index is 0.971. The zero-order valence-electron chi connectivity index (χ0n) is 9.36. The average molecular weight is 289 g/mol. The highest BCUT2D eigenvalue weighted by Crippen LogP contribution is 2.37. The van der Waals surface area contributed by atoms with Crippen molar-refractivity contribution in [1.82, 2.24) is 0 Å². The number of nitrogens with one attached hydrogen (secondary N) is 1. The van der Waals surface area contributed by atoms with Crippen molar-refractivity contribution in [3.05, 3.63) is 53.0 Å². The van der Waals surface area contributed by atoms with Crippen molar-refractivity contribution in [3.8, 4) is 0 Å². The van der Waals surface area contributed by atoms with Crippen LogP contribution in [0, 0.1) is 0 Å². The maximum Gasteiger partial charge on any atom is 0.0647 e. The lowest BCUT2D eigenvalue weighted by molar-refractivity contribution is 0.925. The van der Waals surface area contributed by atoms with E-state index in [1.807, 2.05) is 6.07 Å². The van der Waals surface area contributed by atoms with Crippen LogP contribution in [0.2, 0.25) is 0 Å². The first kappa shape index (κ1) is 10.7. The van der Waals surface area contributed by atoms with Gasteiger partial charge in [-0.05, 0) is 40.2 Å². The summed E-state index contributed by atoms with van der Waals surface area (Å²) in [4.78, 5) is 2.34. The summed E-state index contributed by atoms with van der Waals surface area (Å²) in [5, 5.41) is 3.42. The highest BCUT2D eigenvalue weighted by atomic mass is 79.9. The van der Waals surface area contributed by atoms with Crippen molar-refractivity contribution in [1.29, 1.82) is 0 Å². The van der Waals surface area contributed by atoms with Crippen LogP contribution in [0.5, 0.6) is 0 Å². The lowest BCUT2D eigenvalue weighted by atomic mass is 10.1. The van der Waals surface area contributed by atoms with Crippen molar-refractivity contribution in [2.45, 2.75) is 0 Å². The lowest BCUT2D eigenvalue weighted by Gasteiger charge is -2.32. The second-order valence-electron chi connectivity index (χ2n) is 4.05. The molecule has 2 nitrogen and oxygen atoms in total. The molecule has 0 atom stereocenters. The van der Waals surface area contributed by atoms with Crippen molar-refractivity contribution in [2.75, 3.05) is 23.3 Å². The summed E-state index contributed by atoms with van der Waals surface area (Å²) in [6, 6.07) is 16.8. The number of nitrogens with zero attached hydrogens (tertiary/aromatic N) is 1. The zero-order chi connectivity index (χ0) is 11.7. The number of fused-ring (bicyclic) bond motifs is 1. The van der Waals surface area contributed by atoms with E-state index in [-0.39, 0.29) is 0 Å². The van der Waals surface area contributed by atoms with E-state index in [9.17, 15) is 0 Å². The highest BCUT2D eigenvalue weighted by Gasteiger charge is 2.18. The molecule has 17 heavy (non-hydrogen) atoms. The predicted octanol–water partition coefficient (Wildman–Crippen LogP) is 4.01. The molecule has 3 heteroatoms. The maximum absolute atomic E-state index is 3.62. The molecule has 2 aromatic carbocycles. The molecule has 0 unspecified atom stereocenters. The van der Waals surface area contributed by atoms with Crippen LogP contribution < -0.4 is 10.2 Å². The zero-order valence-corrected chi connectivity index (χ0v) is 10.9. The number of anilines is 3. The van der Waals surface area contributed by atoms with Crippen LogP contribution in [-0.4, -0.2) is 13.1 Å². The Morgan fingerprint density at radius 1 is 0.941 bits per heavy atom. The van der Waals surface area contributed by atoms with Gasteiger partial charge in [0.15, 0.2) is 0 Å². The van der Waals surface area contributed by atoms with Crippen LogP contribution in [0.3, 0.4) is 0 Å². The largest absolute Gasteiger partial charge is 0.382 e. The van der Waals surface area contributed by atoms with Crippen LogP contribution >= 0.6 is 15.9 Å². The number of halogens is 1. The first-order valence-electron chi connectivity index (χ1n) is 5.71. The fraction of sp³-hybridized carbons (Fsp3) is 0.143. The molecule has 1 N–H and O–H groups in total. The minimum atomic E-state index is 0.971. The SMILES string of the molecule is Brc1ccccc1N1CCNc2ccccc21.